The summed E-state index contributed by atoms with van der Waals surface area (Å²) in [5.74, 6) is 1.60. The van der Waals surface area contributed by atoms with E-state index in [1.807, 2.05) is 6.92 Å². The van der Waals surface area contributed by atoms with E-state index in [0.29, 0.717) is 22.9 Å². The van der Waals surface area contributed by atoms with E-state index < -0.39 is 0 Å². The molecule has 0 bridgehead atoms. The summed E-state index contributed by atoms with van der Waals surface area (Å²) in [5.41, 5.74) is 7.11. The van der Waals surface area contributed by atoms with Gasteiger partial charge in [0.15, 0.2) is 30.8 Å². The second-order valence-electron chi connectivity index (χ2n) is 3.55. The third kappa shape index (κ3) is 3.18. The molecule has 18 heavy (non-hydrogen) atoms. The Bertz CT molecular complexity index is 395. The highest BCUT2D eigenvalue weighted by Crippen LogP contribution is 2.41. The van der Waals surface area contributed by atoms with Crippen molar-refractivity contribution in [2.75, 3.05) is 40.6 Å². The summed E-state index contributed by atoms with van der Waals surface area (Å²) in [7, 11) is 4.63. The molecule has 1 rings (SSSR count). The van der Waals surface area contributed by atoms with Crippen LogP contribution in [0.2, 0.25) is 0 Å². The summed E-state index contributed by atoms with van der Waals surface area (Å²) in [6.07, 6.45) is 0. The fourth-order valence-electron chi connectivity index (χ4n) is 1.57. The Labute approximate surface area is 107 Å². The molecule has 0 aliphatic rings. The van der Waals surface area contributed by atoms with Crippen LogP contribution < -0.4 is 19.9 Å². The van der Waals surface area contributed by atoms with Gasteiger partial charge in [0.1, 0.15) is 0 Å². The predicted octanol–water partition coefficient (Wildman–Crippen LogP) is 1.55. The topological polar surface area (TPSA) is 72.2 Å². The molecule has 0 saturated heterocycles. The second kappa shape index (κ2) is 6.93. The average Bonchev–Trinajstić information content (AvgIpc) is 2.36. The predicted molar refractivity (Wildman–Crippen MR) is 67.2 cm³/mol. The first-order valence-electron chi connectivity index (χ1n) is 5.36. The first-order chi connectivity index (χ1) is 8.65. The van der Waals surface area contributed by atoms with Gasteiger partial charge in [-0.2, -0.15) is 0 Å². The van der Waals surface area contributed by atoms with Crippen LogP contribution in [0.15, 0.2) is 6.07 Å². The van der Waals surface area contributed by atoms with Crippen LogP contribution >= 0.6 is 0 Å². The fourth-order valence-corrected chi connectivity index (χ4v) is 1.57. The lowest BCUT2D eigenvalue weighted by molar-refractivity contribution is 0.0466. The molecular formula is C12H19NO5. The Morgan fingerprint density at radius 1 is 1.00 bits per heavy atom. The molecule has 0 saturated carbocycles. The van der Waals surface area contributed by atoms with Gasteiger partial charge in [0.05, 0.1) is 12.8 Å². The number of nitrogen functional groups attached to an aromatic ring is 1. The van der Waals surface area contributed by atoms with Crippen molar-refractivity contribution in [3.05, 3.63) is 11.6 Å². The molecule has 102 valence electrons. The van der Waals surface area contributed by atoms with Crippen LogP contribution in [-0.2, 0) is 9.47 Å². The van der Waals surface area contributed by atoms with Gasteiger partial charge < -0.3 is 29.4 Å². The summed E-state index contributed by atoms with van der Waals surface area (Å²) < 4.78 is 25.8. The van der Waals surface area contributed by atoms with Gasteiger partial charge in [0, 0.05) is 25.8 Å². The minimum Gasteiger partial charge on any atom is -0.492 e. The van der Waals surface area contributed by atoms with E-state index in [1.165, 1.54) is 0 Å². The number of rotatable bonds is 7. The van der Waals surface area contributed by atoms with Crippen molar-refractivity contribution in [3.8, 4) is 17.2 Å². The minimum atomic E-state index is 0.118. The standard InChI is InChI=1S/C12H19NO5/c1-8-11(18-7-15-3)9(13)5-10(12(8)16-4)17-6-14-2/h5H,6-7,13H2,1-4H3. The SMILES string of the molecule is COCOc1cc(N)c(OCOC)c(C)c1OC. The van der Waals surface area contributed by atoms with Crippen LogP contribution in [0.1, 0.15) is 5.56 Å². The van der Waals surface area contributed by atoms with Crippen molar-refractivity contribution in [1.29, 1.82) is 0 Å². The van der Waals surface area contributed by atoms with Gasteiger partial charge >= 0.3 is 0 Å². The van der Waals surface area contributed by atoms with Crippen molar-refractivity contribution in [1.82, 2.24) is 0 Å². The molecule has 0 aliphatic carbocycles. The van der Waals surface area contributed by atoms with E-state index in [-0.39, 0.29) is 13.6 Å². The molecule has 0 amide bonds. The molecule has 2 N–H and O–H groups in total. The molecule has 0 atom stereocenters. The van der Waals surface area contributed by atoms with Gasteiger partial charge in [-0.15, -0.1) is 0 Å². The Hall–Kier alpha value is -1.66. The molecule has 6 heteroatoms. The lowest BCUT2D eigenvalue weighted by Gasteiger charge is -2.17. The summed E-state index contributed by atoms with van der Waals surface area (Å²) in [5, 5.41) is 0. The van der Waals surface area contributed by atoms with Gasteiger partial charge in [-0.1, -0.05) is 0 Å². The summed E-state index contributed by atoms with van der Waals surface area (Å²) in [6.45, 7) is 2.07. The highest BCUT2D eigenvalue weighted by Gasteiger charge is 2.16. The normalized spacial score (nSPS) is 10.2. The minimum absolute atomic E-state index is 0.118. The molecule has 1 aromatic carbocycles. The number of benzene rings is 1. The lowest BCUT2D eigenvalue weighted by Crippen LogP contribution is -2.07. The molecule has 0 heterocycles. The number of nitrogens with two attached hydrogens (primary N) is 1. The maximum Gasteiger partial charge on any atom is 0.188 e. The highest BCUT2D eigenvalue weighted by atomic mass is 16.7. The third-order valence-electron chi connectivity index (χ3n) is 2.31. The fraction of sp³-hybridized carbons (Fsp3) is 0.500. The molecular weight excluding hydrogens is 238 g/mol. The highest BCUT2D eigenvalue weighted by molar-refractivity contribution is 5.66. The van der Waals surface area contributed by atoms with E-state index in [0.717, 1.165) is 5.56 Å². The van der Waals surface area contributed by atoms with Gasteiger partial charge in [-0.25, -0.2) is 0 Å². The number of hydrogen-bond donors (Lipinski definition) is 1. The molecule has 0 aliphatic heterocycles. The van der Waals surface area contributed by atoms with Crippen molar-refractivity contribution in [2.45, 2.75) is 6.92 Å². The van der Waals surface area contributed by atoms with Crippen molar-refractivity contribution in [3.63, 3.8) is 0 Å². The van der Waals surface area contributed by atoms with Crippen molar-refractivity contribution >= 4 is 5.69 Å². The van der Waals surface area contributed by atoms with E-state index in [1.54, 1.807) is 27.4 Å². The maximum absolute atomic E-state index is 5.90. The molecule has 1 aromatic rings. The molecule has 6 nitrogen and oxygen atoms in total. The zero-order valence-corrected chi connectivity index (χ0v) is 11.1. The maximum atomic E-state index is 5.90. The first kappa shape index (κ1) is 14.4. The Balaban J connectivity index is 3.09. The van der Waals surface area contributed by atoms with Gasteiger partial charge in [0.25, 0.3) is 0 Å². The number of hydrogen-bond acceptors (Lipinski definition) is 6. The average molecular weight is 257 g/mol. The third-order valence-corrected chi connectivity index (χ3v) is 2.31. The first-order valence-corrected chi connectivity index (χ1v) is 5.36. The zero-order valence-electron chi connectivity index (χ0n) is 11.1. The van der Waals surface area contributed by atoms with Crippen LogP contribution in [0.4, 0.5) is 5.69 Å². The lowest BCUT2D eigenvalue weighted by atomic mass is 10.1. The summed E-state index contributed by atoms with van der Waals surface area (Å²) in [6, 6.07) is 1.63. The van der Waals surface area contributed by atoms with Crippen molar-refractivity contribution in [2.24, 2.45) is 0 Å². The van der Waals surface area contributed by atoms with Gasteiger partial charge in [0.2, 0.25) is 0 Å². The summed E-state index contributed by atoms with van der Waals surface area (Å²) >= 11 is 0. The van der Waals surface area contributed by atoms with Gasteiger partial charge in [-0.05, 0) is 6.92 Å². The molecule has 0 spiro atoms. The van der Waals surface area contributed by atoms with E-state index in [4.69, 9.17) is 29.4 Å². The van der Waals surface area contributed by atoms with Crippen LogP contribution in [0.25, 0.3) is 0 Å². The Morgan fingerprint density at radius 3 is 2.17 bits per heavy atom. The van der Waals surface area contributed by atoms with E-state index >= 15 is 0 Å². The van der Waals surface area contributed by atoms with Crippen LogP contribution in [-0.4, -0.2) is 34.9 Å². The molecule has 0 radical (unpaired) electrons. The molecule has 0 unspecified atom stereocenters. The monoisotopic (exact) mass is 257 g/mol. The molecule has 0 aromatic heterocycles. The quantitative estimate of drug-likeness (QED) is 0.590. The second-order valence-corrected chi connectivity index (χ2v) is 3.55. The van der Waals surface area contributed by atoms with Crippen molar-refractivity contribution < 1.29 is 23.7 Å². The zero-order chi connectivity index (χ0) is 13.5. The number of methoxy groups -OCH3 is 3. The number of anilines is 1. The van der Waals surface area contributed by atoms with Crippen LogP contribution in [0.3, 0.4) is 0 Å². The number of ether oxygens (including phenoxy) is 5. The Morgan fingerprint density at radius 2 is 1.61 bits per heavy atom. The largest absolute Gasteiger partial charge is 0.492 e. The van der Waals surface area contributed by atoms with Crippen LogP contribution in [0, 0.1) is 6.92 Å². The summed E-state index contributed by atoms with van der Waals surface area (Å²) in [4.78, 5) is 0. The Kier molecular flexibility index (Phi) is 5.54. The van der Waals surface area contributed by atoms with E-state index in [2.05, 4.69) is 0 Å². The smallest absolute Gasteiger partial charge is 0.188 e. The van der Waals surface area contributed by atoms with E-state index in [9.17, 15) is 0 Å². The molecule has 0 fully saturated rings. The van der Waals surface area contributed by atoms with Crippen LogP contribution in [0.5, 0.6) is 17.2 Å². The van der Waals surface area contributed by atoms with Gasteiger partial charge in [-0.3, -0.25) is 0 Å².